The molecule has 0 atom stereocenters. The maximum atomic E-state index is 12.7. The van der Waals surface area contributed by atoms with Gasteiger partial charge in [-0.05, 0) is 56.0 Å². The summed E-state index contributed by atoms with van der Waals surface area (Å²) < 4.78 is 0. The zero-order valence-electron chi connectivity index (χ0n) is 15.5. The minimum Gasteiger partial charge on any atom is -0.331 e. The minimum atomic E-state index is -0.120. The SMILES string of the molecule is CCc1ccccc1Nc1nc(C)c(C(=O)Nc2cc(C)ccc2C)s1. The highest BCUT2D eigenvalue weighted by Gasteiger charge is 2.17. The number of para-hydroxylation sites is 1. The Labute approximate surface area is 158 Å². The van der Waals surface area contributed by atoms with Gasteiger partial charge in [0.1, 0.15) is 4.88 Å². The van der Waals surface area contributed by atoms with Crippen LogP contribution >= 0.6 is 11.3 Å². The van der Waals surface area contributed by atoms with Crippen molar-refractivity contribution < 1.29 is 4.79 Å². The van der Waals surface area contributed by atoms with E-state index in [1.807, 2.05) is 57.2 Å². The van der Waals surface area contributed by atoms with Gasteiger partial charge in [-0.15, -0.1) is 0 Å². The number of benzene rings is 2. The van der Waals surface area contributed by atoms with E-state index in [0.29, 0.717) is 4.88 Å². The molecule has 1 amide bonds. The molecule has 2 N–H and O–H groups in total. The lowest BCUT2D eigenvalue weighted by Gasteiger charge is -2.08. The Bertz CT molecular complexity index is 946. The summed E-state index contributed by atoms with van der Waals surface area (Å²) in [7, 11) is 0. The monoisotopic (exact) mass is 365 g/mol. The molecule has 0 radical (unpaired) electrons. The van der Waals surface area contributed by atoms with Crippen LogP contribution in [0.2, 0.25) is 0 Å². The lowest BCUT2D eigenvalue weighted by Crippen LogP contribution is -2.12. The summed E-state index contributed by atoms with van der Waals surface area (Å²) in [4.78, 5) is 17.9. The van der Waals surface area contributed by atoms with E-state index in [1.165, 1.54) is 16.9 Å². The Hall–Kier alpha value is -2.66. The van der Waals surface area contributed by atoms with Crippen molar-refractivity contribution in [2.75, 3.05) is 10.6 Å². The van der Waals surface area contributed by atoms with E-state index in [1.54, 1.807) is 0 Å². The van der Waals surface area contributed by atoms with Crippen LogP contribution in [-0.2, 0) is 6.42 Å². The molecule has 1 heterocycles. The lowest BCUT2D eigenvalue weighted by atomic mass is 10.1. The molecular formula is C21H23N3OS. The van der Waals surface area contributed by atoms with Crippen molar-refractivity contribution in [3.8, 4) is 0 Å². The molecule has 0 saturated heterocycles. The van der Waals surface area contributed by atoms with Crippen molar-refractivity contribution in [2.45, 2.75) is 34.1 Å². The van der Waals surface area contributed by atoms with Crippen LogP contribution in [0.15, 0.2) is 42.5 Å². The topological polar surface area (TPSA) is 54.0 Å². The molecule has 0 aliphatic heterocycles. The van der Waals surface area contributed by atoms with Gasteiger partial charge in [0.25, 0.3) is 5.91 Å². The van der Waals surface area contributed by atoms with Gasteiger partial charge in [0, 0.05) is 11.4 Å². The standard InChI is InChI=1S/C21H23N3OS/c1-5-16-8-6-7-9-17(16)24-21-22-15(4)19(26-21)20(25)23-18-12-13(2)10-11-14(18)3/h6-12H,5H2,1-4H3,(H,22,24)(H,23,25). The van der Waals surface area contributed by atoms with Crippen LogP contribution in [-0.4, -0.2) is 10.9 Å². The summed E-state index contributed by atoms with van der Waals surface area (Å²) in [6.45, 7) is 7.99. The Balaban J connectivity index is 1.81. The summed E-state index contributed by atoms with van der Waals surface area (Å²) in [6, 6.07) is 14.2. The summed E-state index contributed by atoms with van der Waals surface area (Å²) in [5, 5.41) is 7.09. The molecule has 5 heteroatoms. The van der Waals surface area contributed by atoms with Crippen molar-refractivity contribution >= 4 is 33.8 Å². The number of rotatable bonds is 5. The third kappa shape index (κ3) is 3.94. The number of amides is 1. The molecule has 0 fully saturated rings. The fourth-order valence-corrected chi connectivity index (χ4v) is 3.65. The fourth-order valence-electron chi connectivity index (χ4n) is 2.78. The average Bonchev–Trinajstić information content (AvgIpc) is 2.99. The van der Waals surface area contributed by atoms with E-state index >= 15 is 0 Å². The van der Waals surface area contributed by atoms with Crippen LogP contribution in [0.4, 0.5) is 16.5 Å². The highest BCUT2D eigenvalue weighted by atomic mass is 32.1. The molecule has 0 aliphatic rings. The van der Waals surface area contributed by atoms with Crippen molar-refractivity contribution in [2.24, 2.45) is 0 Å². The molecule has 0 bridgehead atoms. The van der Waals surface area contributed by atoms with Crippen LogP contribution in [0.5, 0.6) is 0 Å². The molecule has 0 spiro atoms. The number of carbonyl (C=O) groups excluding carboxylic acids is 1. The Morgan fingerprint density at radius 2 is 1.85 bits per heavy atom. The van der Waals surface area contributed by atoms with Crippen LogP contribution in [0, 0.1) is 20.8 Å². The Morgan fingerprint density at radius 1 is 1.08 bits per heavy atom. The van der Waals surface area contributed by atoms with Gasteiger partial charge in [0.05, 0.1) is 5.69 Å². The molecule has 3 rings (SSSR count). The molecule has 134 valence electrons. The van der Waals surface area contributed by atoms with E-state index in [0.717, 1.165) is 39.7 Å². The first-order valence-electron chi connectivity index (χ1n) is 8.69. The van der Waals surface area contributed by atoms with E-state index < -0.39 is 0 Å². The number of thiazole rings is 1. The van der Waals surface area contributed by atoms with E-state index in [-0.39, 0.29) is 5.91 Å². The summed E-state index contributed by atoms with van der Waals surface area (Å²) >= 11 is 1.38. The van der Waals surface area contributed by atoms with Crippen LogP contribution in [0.3, 0.4) is 0 Å². The number of carbonyl (C=O) groups is 1. The molecule has 0 aliphatic carbocycles. The van der Waals surface area contributed by atoms with Crippen LogP contribution in [0.1, 0.15) is 39.0 Å². The predicted molar refractivity (Wildman–Crippen MR) is 110 cm³/mol. The third-order valence-corrected chi connectivity index (χ3v) is 5.36. The van der Waals surface area contributed by atoms with Crippen molar-refractivity contribution in [1.82, 2.24) is 4.98 Å². The van der Waals surface area contributed by atoms with Gasteiger partial charge >= 0.3 is 0 Å². The largest absolute Gasteiger partial charge is 0.331 e. The Morgan fingerprint density at radius 3 is 2.62 bits per heavy atom. The van der Waals surface area contributed by atoms with E-state index in [2.05, 4.69) is 28.6 Å². The maximum absolute atomic E-state index is 12.7. The van der Waals surface area contributed by atoms with E-state index in [9.17, 15) is 4.79 Å². The van der Waals surface area contributed by atoms with Crippen molar-refractivity contribution in [3.63, 3.8) is 0 Å². The van der Waals surface area contributed by atoms with Gasteiger partial charge in [0.15, 0.2) is 5.13 Å². The third-order valence-electron chi connectivity index (χ3n) is 4.28. The molecular weight excluding hydrogens is 342 g/mol. The zero-order chi connectivity index (χ0) is 18.7. The summed E-state index contributed by atoms with van der Waals surface area (Å²) in [5.74, 6) is -0.120. The van der Waals surface area contributed by atoms with Gasteiger partial charge < -0.3 is 10.6 Å². The molecule has 26 heavy (non-hydrogen) atoms. The first-order valence-corrected chi connectivity index (χ1v) is 9.50. The average molecular weight is 366 g/mol. The number of hydrogen-bond donors (Lipinski definition) is 2. The maximum Gasteiger partial charge on any atom is 0.267 e. The lowest BCUT2D eigenvalue weighted by molar-refractivity contribution is 0.102. The second-order valence-corrected chi connectivity index (χ2v) is 7.34. The van der Waals surface area contributed by atoms with Crippen LogP contribution in [0.25, 0.3) is 0 Å². The number of hydrogen-bond acceptors (Lipinski definition) is 4. The number of aryl methyl sites for hydroxylation is 4. The van der Waals surface area contributed by atoms with Gasteiger partial charge in [-0.1, -0.05) is 48.6 Å². The second-order valence-electron chi connectivity index (χ2n) is 6.34. The van der Waals surface area contributed by atoms with Gasteiger partial charge in [0.2, 0.25) is 0 Å². The number of aromatic nitrogens is 1. The predicted octanol–water partition coefficient (Wildman–Crippen LogP) is 5.63. The smallest absolute Gasteiger partial charge is 0.267 e. The molecule has 0 unspecified atom stereocenters. The molecule has 2 aromatic carbocycles. The highest BCUT2D eigenvalue weighted by molar-refractivity contribution is 7.17. The minimum absolute atomic E-state index is 0.120. The Kier molecular flexibility index (Phi) is 5.38. The van der Waals surface area contributed by atoms with Gasteiger partial charge in [-0.25, -0.2) is 4.98 Å². The molecule has 1 aromatic heterocycles. The molecule has 4 nitrogen and oxygen atoms in total. The highest BCUT2D eigenvalue weighted by Crippen LogP contribution is 2.28. The summed E-state index contributed by atoms with van der Waals surface area (Å²) in [5.41, 5.74) is 5.99. The first kappa shape index (κ1) is 18.1. The fraction of sp³-hybridized carbons (Fsp3) is 0.238. The second kappa shape index (κ2) is 7.70. The van der Waals surface area contributed by atoms with Gasteiger partial charge in [-0.2, -0.15) is 0 Å². The van der Waals surface area contributed by atoms with Crippen molar-refractivity contribution in [1.29, 1.82) is 0 Å². The quantitative estimate of drug-likeness (QED) is 0.616. The molecule has 0 saturated carbocycles. The van der Waals surface area contributed by atoms with Gasteiger partial charge in [-0.3, -0.25) is 4.79 Å². The molecule has 3 aromatic rings. The normalized spacial score (nSPS) is 10.6. The van der Waals surface area contributed by atoms with Crippen LogP contribution < -0.4 is 10.6 Å². The van der Waals surface area contributed by atoms with E-state index in [4.69, 9.17) is 0 Å². The van der Waals surface area contributed by atoms with Crippen molar-refractivity contribution in [3.05, 3.63) is 69.7 Å². The number of anilines is 3. The number of nitrogens with zero attached hydrogens (tertiary/aromatic N) is 1. The zero-order valence-corrected chi connectivity index (χ0v) is 16.3. The number of nitrogens with one attached hydrogen (secondary N) is 2. The summed E-state index contributed by atoms with van der Waals surface area (Å²) in [6.07, 6.45) is 0.938. The first-order chi connectivity index (χ1) is 12.5.